The van der Waals surface area contributed by atoms with Crippen LogP contribution >= 0.6 is 8.03 Å². The van der Waals surface area contributed by atoms with E-state index in [2.05, 4.69) is 0 Å². The van der Waals surface area contributed by atoms with Crippen LogP contribution in [0.3, 0.4) is 0 Å². The molecule has 0 aliphatic rings. The summed E-state index contributed by atoms with van der Waals surface area (Å²) in [7, 11) is -1.99. The van der Waals surface area contributed by atoms with Gasteiger partial charge in [-0.3, -0.25) is 0 Å². The van der Waals surface area contributed by atoms with E-state index in [1.165, 1.54) is 5.56 Å². The number of rotatable bonds is 3. The molecule has 1 atom stereocenters. The van der Waals surface area contributed by atoms with Crippen molar-refractivity contribution >= 4 is 8.03 Å². The van der Waals surface area contributed by atoms with E-state index in [0.717, 1.165) is 5.56 Å². The van der Waals surface area contributed by atoms with Crippen LogP contribution in [0.15, 0.2) is 24.3 Å². The van der Waals surface area contributed by atoms with Gasteiger partial charge in [0.05, 0.1) is 0 Å². The number of aryl methyl sites for hydroxylation is 2. The molecule has 1 N–H and O–H groups in total. The van der Waals surface area contributed by atoms with Crippen molar-refractivity contribution in [2.45, 2.75) is 13.3 Å². The summed E-state index contributed by atoms with van der Waals surface area (Å²) in [6.07, 6.45) is 1.05. The number of hydrogen-bond acceptors (Lipinski definition) is 1. The molecule has 1 aromatic rings. The van der Waals surface area contributed by atoms with Gasteiger partial charge in [-0.2, -0.15) is 4.89 Å². The summed E-state index contributed by atoms with van der Waals surface area (Å²) in [5.74, 6) is 0. The van der Waals surface area contributed by atoms with E-state index < -0.39 is 8.03 Å². The molecule has 0 aliphatic heterocycles. The fourth-order valence-corrected chi connectivity index (χ4v) is 1.54. The molecule has 2 nitrogen and oxygen atoms in total. The summed E-state index contributed by atoms with van der Waals surface area (Å²) in [5.41, 5.74) is 2.35. The molecular formula is C9H12O2P+. The standard InChI is InChI=1S/C9H11O2P/c1-8-4-2-3-5-9(8)6-7-12(10)11/h2-5H,6-7H2,1H3/p+1. The molecule has 0 spiro atoms. The molecule has 12 heavy (non-hydrogen) atoms. The van der Waals surface area contributed by atoms with Crippen LogP contribution in [0.5, 0.6) is 0 Å². The Balaban J connectivity index is 2.63. The topological polar surface area (TPSA) is 37.3 Å². The average molecular weight is 183 g/mol. The highest BCUT2D eigenvalue weighted by atomic mass is 31.1. The molecule has 0 fully saturated rings. The maximum Gasteiger partial charge on any atom is 0.505 e. The van der Waals surface area contributed by atoms with E-state index in [0.29, 0.717) is 12.6 Å². The van der Waals surface area contributed by atoms with E-state index in [-0.39, 0.29) is 0 Å². The van der Waals surface area contributed by atoms with Crippen molar-refractivity contribution in [1.29, 1.82) is 0 Å². The Kier molecular flexibility index (Phi) is 3.39. The Morgan fingerprint density at radius 3 is 2.67 bits per heavy atom. The van der Waals surface area contributed by atoms with Gasteiger partial charge in [0.2, 0.25) is 0 Å². The van der Waals surface area contributed by atoms with Gasteiger partial charge >= 0.3 is 8.03 Å². The van der Waals surface area contributed by atoms with Gasteiger partial charge in [0.25, 0.3) is 0 Å². The van der Waals surface area contributed by atoms with Gasteiger partial charge in [-0.15, -0.1) is 0 Å². The zero-order valence-corrected chi connectivity index (χ0v) is 7.92. The largest absolute Gasteiger partial charge is 0.505 e. The summed E-state index contributed by atoms with van der Waals surface area (Å²) in [6.45, 7) is 2.01. The molecule has 0 saturated heterocycles. The summed E-state index contributed by atoms with van der Waals surface area (Å²) in [4.78, 5) is 8.61. The molecule has 0 aromatic heterocycles. The summed E-state index contributed by atoms with van der Waals surface area (Å²) in [5, 5.41) is 0. The van der Waals surface area contributed by atoms with Gasteiger partial charge in [-0.25, -0.2) is 0 Å². The lowest BCUT2D eigenvalue weighted by Crippen LogP contribution is -1.90. The Morgan fingerprint density at radius 2 is 2.08 bits per heavy atom. The second kappa shape index (κ2) is 4.34. The molecule has 0 heterocycles. The van der Waals surface area contributed by atoms with Crippen LogP contribution in [0, 0.1) is 6.92 Å². The highest BCUT2D eigenvalue weighted by Gasteiger charge is 2.10. The first-order chi connectivity index (χ1) is 5.70. The van der Waals surface area contributed by atoms with Gasteiger partial charge in [0.15, 0.2) is 6.16 Å². The second-order valence-electron chi connectivity index (χ2n) is 2.75. The second-order valence-corrected chi connectivity index (χ2v) is 3.90. The molecule has 1 unspecified atom stereocenters. The molecule has 1 rings (SSSR count). The van der Waals surface area contributed by atoms with E-state index in [9.17, 15) is 4.57 Å². The number of hydrogen-bond donors (Lipinski definition) is 1. The highest BCUT2D eigenvalue weighted by Crippen LogP contribution is 2.17. The summed E-state index contributed by atoms with van der Waals surface area (Å²) in [6, 6.07) is 7.93. The van der Waals surface area contributed by atoms with Gasteiger partial charge in [0, 0.05) is 6.42 Å². The van der Waals surface area contributed by atoms with Crippen LogP contribution in [-0.4, -0.2) is 11.1 Å². The summed E-state index contributed by atoms with van der Waals surface area (Å²) < 4.78 is 10.4. The van der Waals surface area contributed by atoms with Crippen LogP contribution in [0.4, 0.5) is 0 Å². The minimum absolute atomic E-state index is 0.361. The maximum absolute atomic E-state index is 10.4. The SMILES string of the molecule is Cc1ccccc1CC[P+](=O)O. The monoisotopic (exact) mass is 183 g/mol. The number of benzene rings is 1. The van der Waals surface area contributed by atoms with Crippen molar-refractivity contribution in [2.75, 3.05) is 6.16 Å². The van der Waals surface area contributed by atoms with Crippen molar-refractivity contribution in [2.24, 2.45) is 0 Å². The molecule has 0 radical (unpaired) electrons. The molecule has 3 heteroatoms. The zero-order valence-electron chi connectivity index (χ0n) is 7.03. The van der Waals surface area contributed by atoms with Gasteiger partial charge in [-0.1, -0.05) is 24.3 Å². The molecule has 0 aliphatic carbocycles. The quantitative estimate of drug-likeness (QED) is 0.730. The molecule has 1 aromatic carbocycles. The predicted molar refractivity (Wildman–Crippen MR) is 49.6 cm³/mol. The maximum atomic E-state index is 10.4. The highest BCUT2D eigenvalue weighted by molar-refractivity contribution is 7.37. The lowest BCUT2D eigenvalue weighted by molar-refractivity contribution is 0.502. The third kappa shape index (κ3) is 2.72. The van der Waals surface area contributed by atoms with Gasteiger partial charge in [-0.05, 0) is 22.6 Å². The Labute approximate surface area is 73.1 Å². The van der Waals surface area contributed by atoms with Crippen LogP contribution < -0.4 is 0 Å². The Bertz CT molecular complexity index is 284. The Morgan fingerprint density at radius 1 is 1.42 bits per heavy atom. The van der Waals surface area contributed by atoms with Crippen LogP contribution in [0.2, 0.25) is 0 Å². The normalized spacial score (nSPS) is 11.3. The molecule has 0 bridgehead atoms. The van der Waals surface area contributed by atoms with E-state index in [1.54, 1.807) is 0 Å². The first-order valence-corrected chi connectivity index (χ1v) is 5.28. The first kappa shape index (κ1) is 9.37. The Hall–Kier alpha value is -0.720. The van der Waals surface area contributed by atoms with Gasteiger partial charge < -0.3 is 0 Å². The smallest absolute Gasteiger partial charge is 0.161 e. The molecule has 0 amide bonds. The van der Waals surface area contributed by atoms with Crippen molar-refractivity contribution in [3.63, 3.8) is 0 Å². The van der Waals surface area contributed by atoms with E-state index in [1.807, 2.05) is 31.2 Å². The summed E-state index contributed by atoms with van der Waals surface area (Å²) >= 11 is 0. The molecule has 64 valence electrons. The minimum atomic E-state index is -1.99. The average Bonchev–Trinajstić information content (AvgIpc) is 2.03. The molecule has 0 saturated carbocycles. The van der Waals surface area contributed by atoms with Crippen LogP contribution in [0.1, 0.15) is 11.1 Å². The zero-order chi connectivity index (χ0) is 8.97. The van der Waals surface area contributed by atoms with Crippen molar-refractivity contribution in [3.8, 4) is 0 Å². The third-order valence-corrected chi connectivity index (χ3v) is 2.44. The van der Waals surface area contributed by atoms with Crippen molar-refractivity contribution < 1.29 is 9.46 Å². The van der Waals surface area contributed by atoms with Crippen LogP contribution in [-0.2, 0) is 11.0 Å². The van der Waals surface area contributed by atoms with Crippen LogP contribution in [0.25, 0.3) is 0 Å². The lowest BCUT2D eigenvalue weighted by Gasteiger charge is -1.99. The first-order valence-electron chi connectivity index (χ1n) is 3.88. The fourth-order valence-electron chi connectivity index (χ4n) is 1.11. The minimum Gasteiger partial charge on any atom is -0.161 e. The molecular weight excluding hydrogens is 171 g/mol. The van der Waals surface area contributed by atoms with Crippen molar-refractivity contribution in [1.82, 2.24) is 0 Å². The van der Waals surface area contributed by atoms with E-state index in [4.69, 9.17) is 4.89 Å². The van der Waals surface area contributed by atoms with E-state index >= 15 is 0 Å². The van der Waals surface area contributed by atoms with Gasteiger partial charge in [0.1, 0.15) is 0 Å². The van der Waals surface area contributed by atoms with Crippen molar-refractivity contribution in [3.05, 3.63) is 35.4 Å². The third-order valence-electron chi connectivity index (χ3n) is 1.83. The lowest BCUT2D eigenvalue weighted by atomic mass is 10.1. The predicted octanol–water partition coefficient (Wildman–Crippen LogP) is 2.27. The fraction of sp³-hybridized carbons (Fsp3) is 0.333.